The molecule has 0 bridgehead atoms. The maximum Gasteiger partial charge on any atom is 0.227 e. The first-order valence-electron chi connectivity index (χ1n) is 9.34. The highest BCUT2D eigenvalue weighted by Gasteiger charge is 2.21. The molecule has 0 aliphatic carbocycles. The van der Waals surface area contributed by atoms with Gasteiger partial charge < -0.3 is 15.5 Å². The van der Waals surface area contributed by atoms with Gasteiger partial charge in [-0.3, -0.25) is 9.79 Å². The van der Waals surface area contributed by atoms with Gasteiger partial charge in [0.2, 0.25) is 5.91 Å². The summed E-state index contributed by atoms with van der Waals surface area (Å²) in [6.07, 6.45) is 2.01. The van der Waals surface area contributed by atoms with E-state index in [4.69, 9.17) is 0 Å². The molecule has 0 unspecified atom stereocenters. The number of amides is 1. The highest BCUT2D eigenvalue weighted by atomic mass is 127. The van der Waals surface area contributed by atoms with E-state index < -0.39 is 11.6 Å². The molecule has 0 radical (unpaired) electrons. The molecule has 0 aromatic heterocycles. The highest BCUT2D eigenvalue weighted by Crippen LogP contribution is 2.21. The minimum absolute atomic E-state index is 0. The summed E-state index contributed by atoms with van der Waals surface area (Å²) < 4.78 is 26.4. The smallest absolute Gasteiger partial charge is 0.227 e. The third kappa shape index (κ3) is 6.66. The van der Waals surface area contributed by atoms with Crippen molar-refractivity contribution in [2.45, 2.75) is 25.8 Å². The highest BCUT2D eigenvalue weighted by molar-refractivity contribution is 14.0. The number of halogens is 3. The van der Waals surface area contributed by atoms with Gasteiger partial charge in [0.1, 0.15) is 11.6 Å². The van der Waals surface area contributed by atoms with E-state index in [0.717, 1.165) is 30.3 Å². The second-order valence-corrected chi connectivity index (χ2v) is 6.70. The number of anilines is 1. The Morgan fingerprint density at radius 2 is 1.76 bits per heavy atom. The summed E-state index contributed by atoms with van der Waals surface area (Å²) in [5.41, 5.74) is 2.58. The normalized spacial score (nSPS) is 14.0. The van der Waals surface area contributed by atoms with E-state index in [0.29, 0.717) is 37.5 Å². The van der Waals surface area contributed by atoms with Crippen LogP contribution in [0.3, 0.4) is 0 Å². The largest absolute Gasteiger partial charge is 0.356 e. The molecule has 0 spiro atoms. The first-order chi connectivity index (χ1) is 13.5. The number of hydrogen-bond donors (Lipinski definition) is 2. The van der Waals surface area contributed by atoms with Crippen molar-refractivity contribution in [1.29, 1.82) is 0 Å². The van der Waals surface area contributed by atoms with Gasteiger partial charge in [0.05, 0.1) is 0 Å². The summed E-state index contributed by atoms with van der Waals surface area (Å²) in [7, 11) is 1.67. The molecule has 3 rings (SSSR count). The summed E-state index contributed by atoms with van der Waals surface area (Å²) in [6, 6.07) is 11.4. The molecule has 2 aromatic carbocycles. The van der Waals surface area contributed by atoms with Crippen molar-refractivity contribution in [3.8, 4) is 0 Å². The van der Waals surface area contributed by atoms with Crippen LogP contribution in [0.25, 0.3) is 0 Å². The lowest BCUT2D eigenvalue weighted by atomic mass is 10.1. The summed E-state index contributed by atoms with van der Waals surface area (Å²) in [5.74, 6) is -0.363. The van der Waals surface area contributed by atoms with E-state index in [9.17, 15) is 13.6 Å². The molecule has 1 saturated heterocycles. The number of guanidine groups is 1. The second kappa shape index (κ2) is 11.1. The predicted molar refractivity (Wildman–Crippen MR) is 122 cm³/mol. The van der Waals surface area contributed by atoms with Gasteiger partial charge in [-0.15, -0.1) is 24.0 Å². The fourth-order valence-electron chi connectivity index (χ4n) is 3.20. The fourth-order valence-corrected chi connectivity index (χ4v) is 3.20. The molecule has 8 heteroatoms. The van der Waals surface area contributed by atoms with Gasteiger partial charge in [-0.2, -0.15) is 0 Å². The number of benzene rings is 2. The van der Waals surface area contributed by atoms with Crippen LogP contribution >= 0.6 is 24.0 Å². The number of nitrogens with zero attached hydrogens (tertiary/aromatic N) is 2. The quantitative estimate of drug-likeness (QED) is 0.352. The van der Waals surface area contributed by atoms with Crippen LogP contribution in [-0.4, -0.2) is 32.0 Å². The van der Waals surface area contributed by atoms with Crippen LogP contribution < -0.4 is 15.5 Å². The standard InChI is InChI=1S/C21H24F2N4O.HI/c1-24-21(25-9-8-16-11-17(22)13-18(23)12-16)26-14-15-4-6-19(7-5-15)27-10-2-3-20(27)28;/h4-7,11-13H,2-3,8-10,14H2,1H3,(H2,24,25,26);1H. The summed E-state index contributed by atoms with van der Waals surface area (Å²) >= 11 is 0. The Bertz CT molecular complexity index is 838. The van der Waals surface area contributed by atoms with Crippen LogP contribution in [0, 0.1) is 11.6 Å². The molecule has 29 heavy (non-hydrogen) atoms. The van der Waals surface area contributed by atoms with Crippen molar-refractivity contribution in [2.75, 3.05) is 25.0 Å². The average molecular weight is 514 g/mol. The molecule has 5 nitrogen and oxygen atoms in total. The molecule has 0 saturated carbocycles. The molecule has 1 fully saturated rings. The zero-order chi connectivity index (χ0) is 19.9. The number of carbonyl (C=O) groups excluding carboxylic acids is 1. The van der Waals surface area contributed by atoms with Gasteiger partial charge in [0, 0.05) is 44.9 Å². The maximum absolute atomic E-state index is 13.2. The SMILES string of the molecule is CN=C(NCCc1cc(F)cc(F)c1)NCc1ccc(N2CCCC2=O)cc1.I. The van der Waals surface area contributed by atoms with Gasteiger partial charge >= 0.3 is 0 Å². The van der Waals surface area contributed by atoms with Gasteiger partial charge in [-0.25, -0.2) is 8.78 Å². The predicted octanol–water partition coefficient (Wildman–Crippen LogP) is 3.62. The first-order valence-corrected chi connectivity index (χ1v) is 9.34. The third-order valence-corrected chi connectivity index (χ3v) is 4.63. The molecule has 2 aromatic rings. The Labute approximate surface area is 186 Å². The molecule has 1 amide bonds. The van der Waals surface area contributed by atoms with Crippen LogP contribution in [0.1, 0.15) is 24.0 Å². The Hall–Kier alpha value is -2.23. The number of nitrogens with one attached hydrogen (secondary N) is 2. The fraction of sp³-hybridized carbons (Fsp3) is 0.333. The van der Waals surface area contributed by atoms with E-state index in [1.54, 1.807) is 7.05 Å². The van der Waals surface area contributed by atoms with Crippen molar-refractivity contribution in [2.24, 2.45) is 4.99 Å². The van der Waals surface area contributed by atoms with Crippen LogP contribution in [0.4, 0.5) is 14.5 Å². The summed E-state index contributed by atoms with van der Waals surface area (Å²) in [6.45, 7) is 1.85. The van der Waals surface area contributed by atoms with Crippen LogP contribution in [-0.2, 0) is 17.8 Å². The lowest BCUT2D eigenvalue weighted by Crippen LogP contribution is -2.37. The van der Waals surface area contributed by atoms with Crippen molar-refractivity contribution < 1.29 is 13.6 Å². The van der Waals surface area contributed by atoms with E-state index >= 15 is 0 Å². The molecule has 0 atom stereocenters. The molecular weight excluding hydrogens is 489 g/mol. The van der Waals surface area contributed by atoms with Crippen molar-refractivity contribution >= 4 is 41.5 Å². The number of hydrogen-bond acceptors (Lipinski definition) is 2. The van der Waals surface area contributed by atoms with E-state index in [2.05, 4.69) is 15.6 Å². The Morgan fingerprint density at radius 3 is 2.34 bits per heavy atom. The van der Waals surface area contributed by atoms with E-state index in [-0.39, 0.29) is 29.9 Å². The van der Waals surface area contributed by atoms with Crippen molar-refractivity contribution in [1.82, 2.24) is 10.6 Å². The number of rotatable bonds is 6. The molecule has 1 aliphatic rings. The Morgan fingerprint density at radius 1 is 1.07 bits per heavy atom. The lowest BCUT2D eigenvalue weighted by molar-refractivity contribution is -0.117. The molecular formula is C21H25F2IN4O. The van der Waals surface area contributed by atoms with Crippen molar-refractivity contribution in [3.05, 3.63) is 65.2 Å². The minimum Gasteiger partial charge on any atom is -0.356 e. The van der Waals surface area contributed by atoms with E-state index in [1.807, 2.05) is 29.2 Å². The summed E-state index contributed by atoms with van der Waals surface area (Å²) in [5, 5.41) is 6.33. The average Bonchev–Trinajstić information content (AvgIpc) is 3.10. The van der Waals surface area contributed by atoms with E-state index in [1.165, 1.54) is 12.1 Å². The van der Waals surface area contributed by atoms with Crippen LogP contribution in [0.15, 0.2) is 47.5 Å². The van der Waals surface area contributed by atoms with Gasteiger partial charge in [-0.05, 0) is 48.2 Å². The molecule has 156 valence electrons. The molecule has 1 aliphatic heterocycles. The number of carbonyl (C=O) groups is 1. The minimum atomic E-state index is -0.573. The van der Waals surface area contributed by atoms with Gasteiger partial charge in [-0.1, -0.05) is 12.1 Å². The Balaban J connectivity index is 0.00000300. The topological polar surface area (TPSA) is 56.7 Å². The third-order valence-electron chi connectivity index (χ3n) is 4.63. The van der Waals surface area contributed by atoms with Gasteiger partial charge in [0.25, 0.3) is 0 Å². The zero-order valence-corrected chi connectivity index (χ0v) is 18.6. The molecule has 2 N–H and O–H groups in total. The van der Waals surface area contributed by atoms with Crippen molar-refractivity contribution in [3.63, 3.8) is 0 Å². The van der Waals surface area contributed by atoms with Gasteiger partial charge in [0.15, 0.2) is 5.96 Å². The zero-order valence-electron chi connectivity index (χ0n) is 16.3. The molecule has 1 heterocycles. The summed E-state index contributed by atoms with van der Waals surface area (Å²) in [4.78, 5) is 17.8. The Kier molecular flexibility index (Phi) is 8.81. The van der Waals surface area contributed by atoms with Crippen LogP contribution in [0.5, 0.6) is 0 Å². The number of aliphatic imine (C=N–C) groups is 1. The first kappa shape index (κ1) is 23.1. The monoisotopic (exact) mass is 514 g/mol. The lowest BCUT2D eigenvalue weighted by Gasteiger charge is -2.16. The van der Waals surface area contributed by atoms with Crippen LogP contribution in [0.2, 0.25) is 0 Å². The maximum atomic E-state index is 13.2. The second-order valence-electron chi connectivity index (χ2n) is 6.70.